The molecule has 1 heterocycles. The molecule has 0 bridgehead atoms. The van der Waals surface area contributed by atoms with Gasteiger partial charge in [0.2, 0.25) is 5.91 Å². The molecule has 2 aromatic rings. The van der Waals surface area contributed by atoms with E-state index in [0.29, 0.717) is 23.1 Å². The molecule has 3 nitrogen and oxygen atoms in total. The van der Waals surface area contributed by atoms with Crippen LogP contribution in [0.25, 0.3) is 0 Å². The van der Waals surface area contributed by atoms with E-state index >= 15 is 0 Å². The van der Waals surface area contributed by atoms with Gasteiger partial charge in [-0.25, -0.2) is 0 Å². The summed E-state index contributed by atoms with van der Waals surface area (Å²) >= 11 is 12.0. The Labute approximate surface area is 152 Å². The molecule has 3 rings (SSSR count). The molecule has 0 spiro atoms. The average Bonchev–Trinajstić information content (AvgIpc) is 2.98. The first kappa shape index (κ1) is 17.3. The molecule has 2 N–H and O–H groups in total. The number of likely N-dealkylation sites (tertiary alicyclic amines) is 1. The van der Waals surface area contributed by atoms with E-state index in [1.165, 1.54) is 5.56 Å². The zero-order valence-electron chi connectivity index (χ0n) is 13.5. The molecule has 0 aliphatic carbocycles. The summed E-state index contributed by atoms with van der Waals surface area (Å²) in [7, 11) is 0. The van der Waals surface area contributed by atoms with Gasteiger partial charge in [0.05, 0.1) is 16.0 Å². The van der Waals surface area contributed by atoms with Crippen molar-refractivity contribution in [2.75, 3.05) is 13.1 Å². The number of rotatable bonds is 3. The van der Waals surface area contributed by atoms with Crippen molar-refractivity contribution in [2.45, 2.75) is 24.8 Å². The van der Waals surface area contributed by atoms with Crippen LogP contribution in [0.2, 0.25) is 10.0 Å². The molecule has 1 saturated heterocycles. The van der Waals surface area contributed by atoms with Crippen LogP contribution in [-0.2, 0) is 4.79 Å². The van der Waals surface area contributed by atoms with Crippen molar-refractivity contribution in [3.63, 3.8) is 0 Å². The molecule has 1 amide bonds. The topological polar surface area (TPSA) is 46.3 Å². The van der Waals surface area contributed by atoms with Crippen LogP contribution in [0.5, 0.6) is 0 Å². The van der Waals surface area contributed by atoms with Crippen molar-refractivity contribution in [2.24, 2.45) is 5.73 Å². The maximum absolute atomic E-state index is 12.9. The molecule has 24 heavy (non-hydrogen) atoms. The Balaban J connectivity index is 1.74. The first-order chi connectivity index (χ1) is 11.5. The second-order valence-corrected chi connectivity index (χ2v) is 7.13. The second kappa shape index (κ2) is 7.14. The van der Waals surface area contributed by atoms with E-state index in [1.54, 1.807) is 12.1 Å². The van der Waals surface area contributed by atoms with Crippen LogP contribution in [-0.4, -0.2) is 29.9 Å². The highest BCUT2D eigenvalue weighted by atomic mass is 35.5. The molecular formula is C19H20Cl2N2O. The standard InChI is InChI=1S/C19H20Cl2N2O/c1-12(14-7-8-16(20)17(21)9-14)19(24)23-10-15(18(22)11-23)13-5-3-2-4-6-13/h2-9,12,15,18H,10-11,22H2,1H3/t12?,15-,18+/m0/s1. The van der Waals surface area contributed by atoms with E-state index in [4.69, 9.17) is 28.9 Å². The third-order valence-electron chi connectivity index (χ3n) is 4.72. The number of hydrogen-bond acceptors (Lipinski definition) is 2. The van der Waals surface area contributed by atoms with Gasteiger partial charge in [0, 0.05) is 25.0 Å². The van der Waals surface area contributed by atoms with Crippen LogP contribution in [0.1, 0.15) is 29.9 Å². The number of nitrogens with two attached hydrogens (primary N) is 1. The van der Waals surface area contributed by atoms with E-state index in [-0.39, 0.29) is 23.8 Å². The smallest absolute Gasteiger partial charge is 0.229 e. The van der Waals surface area contributed by atoms with Crippen LogP contribution in [0.3, 0.4) is 0 Å². The lowest BCUT2D eigenvalue weighted by Gasteiger charge is -2.21. The number of carbonyl (C=O) groups is 1. The Kier molecular flexibility index (Phi) is 5.14. The predicted octanol–water partition coefficient (Wildman–Crippen LogP) is 4.05. The van der Waals surface area contributed by atoms with Gasteiger partial charge in [-0.15, -0.1) is 0 Å². The summed E-state index contributed by atoms with van der Waals surface area (Å²) in [5.74, 6) is -0.0279. The van der Waals surface area contributed by atoms with E-state index in [1.807, 2.05) is 36.1 Å². The Bertz CT molecular complexity index is 735. The van der Waals surface area contributed by atoms with Gasteiger partial charge in [0.15, 0.2) is 0 Å². The van der Waals surface area contributed by atoms with Crippen molar-refractivity contribution in [3.05, 3.63) is 69.7 Å². The fourth-order valence-corrected chi connectivity index (χ4v) is 3.57. The third kappa shape index (κ3) is 3.44. The summed E-state index contributed by atoms with van der Waals surface area (Å²) in [6.07, 6.45) is 0. The van der Waals surface area contributed by atoms with E-state index < -0.39 is 0 Å². The molecule has 1 fully saturated rings. The summed E-state index contributed by atoms with van der Waals surface area (Å²) in [6, 6.07) is 15.4. The first-order valence-electron chi connectivity index (χ1n) is 8.01. The minimum atomic E-state index is -0.276. The molecule has 2 aromatic carbocycles. The lowest BCUT2D eigenvalue weighted by Crippen LogP contribution is -2.34. The zero-order chi connectivity index (χ0) is 17.3. The lowest BCUT2D eigenvalue weighted by molar-refractivity contribution is -0.131. The number of amides is 1. The summed E-state index contributed by atoms with van der Waals surface area (Å²) in [5, 5.41) is 0.960. The predicted molar refractivity (Wildman–Crippen MR) is 98.6 cm³/mol. The minimum absolute atomic E-state index is 0.0441. The minimum Gasteiger partial charge on any atom is -0.340 e. The fraction of sp³-hybridized carbons (Fsp3) is 0.316. The van der Waals surface area contributed by atoms with Gasteiger partial charge >= 0.3 is 0 Å². The molecule has 126 valence electrons. The normalized spacial score (nSPS) is 21.8. The van der Waals surface area contributed by atoms with Crippen molar-refractivity contribution >= 4 is 29.1 Å². The van der Waals surface area contributed by atoms with E-state index in [0.717, 1.165) is 5.56 Å². The molecule has 3 atom stereocenters. The van der Waals surface area contributed by atoms with Crippen molar-refractivity contribution in [1.29, 1.82) is 0 Å². The Morgan fingerprint density at radius 2 is 1.83 bits per heavy atom. The quantitative estimate of drug-likeness (QED) is 0.894. The zero-order valence-corrected chi connectivity index (χ0v) is 15.0. The highest BCUT2D eigenvalue weighted by Gasteiger charge is 2.35. The van der Waals surface area contributed by atoms with Crippen LogP contribution >= 0.6 is 23.2 Å². The van der Waals surface area contributed by atoms with Crippen LogP contribution in [0, 0.1) is 0 Å². The second-order valence-electron chi connectivity index (χ2n) is 6.32. The maximum atomic E-state index is 12.9. The number of halogens is 2. The Morgan fingerprint density at radius 1 is 1.12 bits per heavy atom. The van der Waals surface area contributed by atoms with E-state index in [2.05, 4.69) is 12.1 Å². The third-order valence-corrected chi connectivity index (χ3v) is 5.46. The van der Waals surface area contributed by atoms with Gasteiger partial charge in [0.25, 0.3) is 0 Å². The van der Waals surface area contributed by atoms with Gasteiger partial charge in [-0.1, -0.05) is 59.6 Å². The first-order valence-corrected chi connectivity index (χ1v) is 8.77. The summed E-state index contributed by atoms with van der Waals surface area (Å²) < 4.78 is 0. The highest BCUT2D eigenvalue weighted by Crippen LogP contribution is 2.31. The molecule has 5 heteroatoms. The van der Waals surface area contributed by atoms with Gasteiger partial charge in [0.1, 0.15) is 0 Å². The maximum Gasteiger partial charge on any atom is 0.229 e. The van der Waals surface area contributed by atoms with Gasteiger partial charge < -0.3 is 10.6 Å². The number of hydrogen-bond donors (Lipinski definition) is 1. The van der Waals surface area contributed by atoms with Gasteiger partial charge in [-0.2, -0.15) is 0 Å². The summed E-state index contributed by atoms with van der Waals surface area (Å²) in [5.41, 5.74) is 8.34. The molecule has 1 unspecified atom stereocenters. The largest absolute Gasteiger partial charge is 0.340 e. The lowest BCUT2D eigenvalue weighted by atomic mass is 9.95. The molecule has 0 saturated carbocycles. The van der Waals surface area contributed by atoms with Crippen LogP contribution < -0.4 is 5.73 Å². The van der Waals surface area contributed by atoms with E-state index in [9.17, 15) is 4.79 Å². The van der Waals surface area contributed by atoms with Crippen molar-refractivity contribution < 1.29 is 4.79 Å². The molecule has 0 radical (unpaired) electrons. The highest BCUT2D eigenvalue weighted by molar-refractivity contribution is 6.42. The van der Waals surface area contributed by atoms with Gasteiger partial charge in [-0.3, -0.25) is 4.79 Å². The Hall–Kier alpha value is -1.55. The summed E-state index contributed by atoms with van der Waals surface area (Å²) in [4.78, 5) is 14.7. The number of carbonyl (C=O) groups excluding carboxylic acids is 1. The summed E-state index contributed by atoms with van der Waals surface area (Å²) in [6.45, 7) is 3.11. The fourth-order valence-electron chi connectivity index (χ4n) is 3.26. The number of nitrogens with zero attached hydrogens (tertiary/aromatic N) is 1. The number of benzene rings is 2. The molecule has 0 aromatic heterocycles. The average molecular weight is 363 g/mol. The molecule has 1 aliphatic heterocycles. The van der Waals surface area contributed by atoms with Crippen molar-refractivity contribution in [1.82, 2.24) is 4.90 Å². The monoisotopic (exact) mass is 362 g/mol. The Morgan fingerprint density at radius 3 is 2.50 bits per heavy atom. The van der Waals surface area contributed by atoms with Gasteiger partial charge in [-0.05, 0) is 30.2 Å². The molecular weight excluding hydrogens is 343 g/mol. The molecule has 1 aliphatic rings. The van der Waals surface area contributed by atoms with Crippen LogP contribution in [0.4, 0.5) is 0 Å². The van der Waals surface area contributed by atoms with Crippen LogP contribution in [0.15, 0.2) is 48.5 Å². The van der Waals surface area contributed by atoms with Crippen molar-refractivity contribution in [3.8, 4) is 0 Å². The SMILES string of the molecule is CC(C(=O)N1C[C@@H](N)[C@H](c2ccccc2)C1)c1ccc(Cl)c(Cl)c1.